The highest BCUT2D eigenvalue weighted by Crippen LogP contribution is 2.14. The molecule has 5 heteroatoms. The van der Waals surface area contributed by atoms with E-state index in [4.69, 9.17) is 14.2 Å². The van der Waals surface area contributed by atoms with Gasteiger partial charge >= 0.3 is 11.9 Å². The molecular weight excluding hydrogens is 789 g/mol. The first-order valence-electron chi connectivity index (χ1n) is 26.8. The first-order chi connectivity index (χ1) is 31.6. The molecule has 1 unspecified atom stereocenters. The molecule has 0 N–H and O–H groups in total. The Morgan fingerprint density at radius 3 is 1.12 bits per heavy atom. The van der Waals surface area contributed by atoms with Crippen LogP contribution in [0.25, 0.3) is 0 Å². The Labute approximate surface area is 396 Å². The van der Waals surface area contributed by atoms with Crippen molar-refractivity contribution in [2.75, 3.05) is 19.8 Å². The number of unbranched alkanes of at least 4 members (excludes halogenated alkanes) is 21. The molecule has 1 atom stereocenters. The molecule has 0 aromatic heterocycles. The summed E-state index contributed by atoms with van der Waals surface area (Å²) in [6.45, 7) is 7.51. The molecule has 0 radical (unpaired) electrons. The van der Waals surface area contributed by atoms with Gasteiger partial charge in [-0.25, -0.2) is 0 Å². The van der Waals surface area contributed by atoms with E-state index in [1.807, 2.05) is 0 Å². The van der Waals surface area contributed by atoms with Crippen LogP contribution < -0.4 is 0 Å². The van der Waals surface area contributed by atoms with Gasteiger partial charge in [0.15, 0.2) is 6.10 Å². The summed E-state index contributed by atoms with van der Waals surface area (Å²) in [6.07, 6.45) is 72.8. The lowest BCUT2D eigenvalue weighted by Gasteiger charge is -2.18. The fourth-order valence-electron chi connectivity index (χ4n) is 7.16. The molecule has 0 aromatic carbocycles. The summed E-state index contributed by atoms with van der Waals surface area (Å²) in [5, 5.41) is 0. The van der Waals surface area contributed by atoms with E-state index in [1.54, 1.807) is 0 Å². The molecule has 0 spiro atoms. The minimum absolute atomic E-state index is 0.0622. The van der Waals surface area contributed by atoms with Crippen LogP contribution >= 0.6 is 0 Å². The summed E-state index contributed by atoms with van der Waals surface area (Å²) in [4.78, 5) is 25.4. The van der Waals surface area contributed by atoms with Crippen molar-refractivity contribution in [2.24, 2.45) is 0 Å². The molecular formula is C59H100O5. The summed E-state index contributed by atoms with van der Waals surface area (Å²) >= 11 is 0. The maximum absolute atomic E-state index is 12.8. The van der Waals surface area contributed by atoms with Crippen molar-refractivity contribution >= 4 is 11.9 Å². The Morgan fingerprint density at radius 1 is 0.359 bits per heavy atom. The molecule has 0 rings (SSSR count). The lowest BCUT2D eigenvalue weighted by molar-refractivity contribution is -0.163. The highest BCUT2D eigenvalue weighted by atomic mass is 16.6. The van der Waals surface area contributed by atoms with Crippen LogP contribution in [0.5, 0.6) is 0 Å². The summed E-state index contributed by atoms with van der Waals surface area (Å²) in [7, 11) is 0. The fourth-order valence-corrected chi connectivity index (χ4v) is 7.16. The molecule has 0 aliphatic rings. The summed E-state index contributed by atoms with van der Waals surface area (Å²) in [5.74, 6) is -0.436. The SMILES string of the molecule is CC/C=C\C/C=C\C/C=C\CCCCCCCC(=O)OC(COCCCCCC/C=C\C/C=C\C/C=C\CC)COC(=O)CCCCCCCCCCC/C=C\C/C=C\CCCCC. The summed E-state index contributed by atoms with van der Waals surface area (Å²) in [6, 6.07) is 0. The van der Waals surface area contributed by atoms with Crippen LogP contribution in [0.1, 0.15) is 239 Å². The van der Waals surface area contributed by atoms with Crippen LogP contribution in [-0.2, 0) is 23.8 Å². The molecule has 0 aromatic rings. The van der Waals surface area contributed by atoms with Gasteiger partial charge in [-0.2, -0.15) is 0 Å². The van der Waals surface area contributed by atoms with Crippen LogP contribution in [-0.4, -0.2) is 37.9 Å². The largest absolute Gasteiger partial charge is 0.462 e. The zero-order valence-electron chi connectivity index (χ0n) is 42.0. The molecule has 0 saturated heterocycles. The van der Waals surface area contributed by atoms with Crippen LogP contribution in [0.2, 0.25) is 0 Å². The fraction of sp³-hybridized carbons (Fsp3) is 0.695. The van der Waals surface area contributed by atoms with Crippen molar-refractivity contribution < 1.29 is 23.8 Å². The second-order valence-electron chi connectivity index (χ2n) is 17.4. The first-order valence-corrected chi connectivity index (χ1v) is 26.8. The Balaban J connectivity index is 4.32. The van der Waals surface area contributed by atoms with Gasteiger partial charge in [-0.15, -0.1) is 0 Å². The topological polar surface area (TPSA) is 61.8 Å². The van der Waals surface area contributed by atoms with E-state index in [0.29, 0.717) is 19.4 Å². The maximum atomic E-state index is 12.8. The Morgan fingerprint density at radius 2 is 0.703 bits per heavy atom. The minimum atomic E-state index is -0.564. The number of esters is 2. The number of carbonyl (C=O) groups is 2. The van der Waals surface area contributed by atoms with Crippen LogP contribution in [0.3, 0.4) is 0 Å². The Bertz CT molecular complexity index is 1230. The Hall–Kier alpha value is -3.18. The van der Waals surface area contributed by atoms with E-state index >= 15 is 0 Å². The molecule has 0 fully saturated rings. The van der Waals surface area contributed by atoms with E-state index in [2.05, 4.69) is 118 Å². The molecule has 64 heavy (non-hydrogen) atoms. The normalized spacial score (nSPS) is 13.0. The average Bonchev–Trinajstić information content (AvgIpc) is 3.30. The molecule has 0 bridgehead atoms. The number of ether oxygens (including phenoxy) is 3. The lowest BCUT2D eigenvalue weighted by Crippen LogP contribution is -2.30. The van der Waals surface area contributed by atoms with Crippen molar-refractivity contribution in [3.8, 4) is 0 Å². The molecule has 5 nitrogen and oxygen atoms in total. The van der Waals surface area contributed by atoms with E-state index in [9.17, 15) is 9.59 Å². The van der Waals surface area contributed by atoms with Crippen molar-refractivity contribution in [1.29, 1.82) is 0 Å². The lowest BCUT2D eigenvalue weighted by atomic mass is 10.1. The van der Waals surface area contributed by atoms with Crippen molar-refractivity contribution in [3.05, 3.63) is 97.2 Å². The van der Waals surface area contributed by atoms with Gasteiger partial charge in [0.2, 0.25) is 0 Å². The van der Waals surface area contributed by atoms with Gasteiger partial charge in [-0.05, 0) is 116 Å². The van der Waals surface area contributed by atoms with Crippen LogP contribution in [0.4, 0.5) is 0 Å². The third-order valence-electron chi connectivity index (χ3n) is 11.1. The Kier molecular flexibility index (Phi) is 51.5. The third kappa shape index (κ3) is 51.5. The van der Waals surface area contributed by atoms with Gasteiger partial charge in [0.05, 0.1) is 6.61 Å². The zero-order valence-corrected chi connectivity index (χ0v) is 42.0. The molecule has 0 aliphatic carbocycles. The van der Waals surface area contributed by atoms with Gasteiger partial charge in [0, 0.05) is 19.4 Å². The van der Waals surface area contributed by atoms with Gasteiger partial charge in [0.25, 0.3) is 0 Å². The highest BCUT2D eigenvalue weighted by molar-refractivity contribution is 5.70. The number of hydrogen-bond acceptors (Lipinski definition) is 5. The van der Waals surface area contributed by atoms with E-state index in [1.165, 1.54) is 96.3 Å². The summed E-state index contributed by atoms with van der Waals surface area (Å²) < 4.78 is 17.4. The number of rotatable bonds is 48. The monoisotopic (exact) mass is 889 g/mol. The predicted octanol–water partition coefficient (Wildman–Crippen LogP) is 18.2. The van der Waals surface area contributed by atoms with Crippen molar-refractivity contribution in [3.63, 3.8) is 0 Å². The zero-order chi connectivity index (χ0) is 46.3. The smallest absolute Gasteiger partial charge is 0.306 e. The van der Waals surface area contributed by atoms with E-state index < -0.39 is 6.10 Å². The van der Waals surface area contributed by atoms with Gasteiger partial charge in [0.1, 0.15) is 6.61 Å². The molecule has 0 amide bonds. The van der Waals surface area contributed by atoms with Gasteiger partial charge in [-0.3, -0.25) is 9.59 Å². The van der Waals surface area contributed by atoms with Crippen molar-refractivity contribution in [2.45, 2.75) is 245 Å². The maximum Gasteiger partial charge on any atom is 0.306 e. The number of allylic oxidation sites excluding steroid dienone is 16. The van der Waals surface area contributed by atoms with E-state index in [-0.39, 0.29) is 25.2 Å². The van der Waals surface area contributed by atoms with Crippen LogP contribution in [0, 0.1) is 0 Å². The van der Waals surface area contributed by atoms with E-state index in [0.717, 1.165) is 109 Å². The summed E-state index contributed by atoms with van der Waals surface area (Å²) in [5.41, 5.74) is 0. The number of hydrogen-bond donors (Lipinski definition) is 0. The van der Waals surface area contributed by atoms with Crippen molar-refractivity contribution in [1.82, 2.24) is 0 Å². The second kappa shape index (κ2) is 54.2. The van der Waals surface area contributed by atoms with Gasteiger partial charge in [-0.1, -0.05) is 208 Å². The number of carbonyl (C=O) groups excluding carboxylic acids is 2. The molecule has 0 saturated carbocycles. The quantitative estimate of drug-likeness (QED) is 0.0346. The minimum Gasteiger partial charge on any atom is -0.462 e. The standard InChI is InChI=1S/C59H100O5/c1-4-7-10-13-16-19-22-25-28-29-30-31-33-34-37-40-43-46-49-52-58(60)63-56-57(55-62-54-51-48-45-42-39-36-27-24-21-18-15-12-9-6-3)64-59(61)53-50-47-44-41-38-35-32-26-23-20-17-14-11-8-5-2/h8-9,11-12,16-21,25-28,32,36,57H,4-7,10,13-15,22-24,29-31,33-35,37-56H2,1-3H3/b11-8-,12-9-,19-16-,20-17-,21-18-,28-25-,32-26-,36-27-. The third-order valence-corrected chi connectivity index (χ3v) is 11.1. The van der Waals surface area contributed by atoms with Crippen LogP contribution in [0.15, 0.2) is 97.2 Å². The highest BCUT2D eigenvalue weighted by Gasteiger charge is 2.17. The average molecular weight is 889 g/mol. The molecule has 0 heterocycles. The second-order valence-corrected chi connectivity index (χ2v) is 17.4. The molecule has 0 aliphatic heterocycles. The molecule has 366 valence electrons. The predicted molar refractivity (Wildman–Crippen MR) is 279 cm³/mol. The van der Waals surface area contributed by atoms with Gasteiger partial charge < -0.3 is 14.2 Å². The first kappa shape index (κ1) is 60.8.